The summed E-state index contributed by atoms with van der Waals surface area (Å²) < 4.78 is 11.5. The van der Waals surface area contributed by atoms with Gasteiger partial charge < -0.3 is 45.5 Å². The van der Waals surface area contributed by atoms with E-state index < -0.39 is 64.9 Å². The van der Waals surface area contributed by atoms with Crippen molar-refractivity contribution in [2.24, 2.45) is 5.16 Å². The number of ether oxygens (including phenoxy) is 2. The van der Waals surface area contributed by atoms with Crippen LogP contribution in [0.3, 0.4) is 0 Å². The quantitative estimate of drug-likeness (QED) is 0.0292. The first-order valence-electron chi connectivity index (χ1n) is 15.3. The predicted molar refractivity (Wildman–Crippen MR) is 186 cm³/mol. The number of carbonyl (C=O) groups is 7. The third-order valence-corrected chi connectivity index (χ3v) is 10.5. The van der Waals surface area contributed by atoms with E-state index in [4.69, 9.17) is 25.2 Å². The number of aromatic nitrogens is 2. The van der Waals surface area contributed by atoms with Crippen molar-refractivity contribution in [3.63, 3.8) is 0 Å². The van der Waals surface area contributed by atoms with Gasteiger partial charge in [-0.15, -0.1) is 34.9 Å². The molecule has 0 spiro atoms. The van der Waals surface area contributed by atoms with Gasteiger partial charge in [-0.3, -0.25) is 24.1 Å². The molecule has 2 aliphatic rings. The highest BCUT2D eigenvalue weighted by Gasteiger charge is 2.53. The number of thioether (sulfide) groups is 2. The molecule has 0 aliphatic carbocycles. The lowest BCUT2D eigenvalue weighted by molar-refractivity contribution is -0.686. The SMILES string of the molecule is CC(=O)Oc1ccc(C(ON=C(C(=O)NC2C(=O)N3C(C(=O)[O-])=C(CSc4cc[n+](CC(=O)O)cc4)CS[C@@H]23)c2csc(N)n2)C(=O)O)cc1OC(C)=O. The highest BCUT2D eigenvalue weighted by Crippen LogP contribution is 2.41. The molecule has 282 valence electrons. The van der Waals surface area contributed by atoms with E-state index in [1.54, 1.807) is 24.5 Å². The molecule has 0 bridgehead atoms. The standard InChI is InChI=1S/C32H28N6O13S3/c1-14(39)49-20-4-3-16(9-21(20)50-15(2)40)26(31(47)48)51-36-23(19-13-54-32(33)34-19)27(43)35-24-28(44)38-25(30(45)46)17(12-53-29(24)38)11-52-18-5-7-37(8-6-18)10-22(41)42/h3-9,13,24,26,29H,10-12H2,1-2H3,(H5-,33,34,35,41,42,43,45,46,47,48)/t24?,26?,29-/m0/s1. The molecule has 2 amide bonds. The van der Waals surface area contributed by atoms with Crippen molar-refractivity contribution >= 4 is 87.4 Å². The molecule has 0 saturated carbocycles. The normalized spacial score (nSPS) is 17.1. The maximum atomic E-state index is 13.6. The van der Waals surface area contributed by atoms with Crippen molar-refractivity contribution < 1.29 is 67.8 Å². The Labute approximate surface area is 316 Å². The first-order chi connectivity index (χ1) is 25.6. The number of hydrogen-bond donors (Lipinski definition) is 4. The molecule has 22 heteroatoms. The van der Waals surface area contributed by atoms with Crippen LogP contribution in [0.2, 0.25) is 0 Å². The molecule has 1 aromatic carbocycles. The van der Waals surface area contributed by atoms with Crippen LogP contribution in [0.5, 0.6) is 11.5 Å². The molecule has 4 heterocycles. The molecule has 3 atom stereocenters. The summed E-state index contributed by atoms with van der Waals surface area (Å²) in [5.74, 6) is -7.66. The summed E-state index contributed by atoms with van der Waals surface area (Å²) in [6.45, 7) is 1.95. The van der Waals surface area contributed by atoms with Crippen LogP contribution >= 0.6 is 34.9 Å². The Balaban J connectivity index is 1.34. The summed E-state index contributed by atoms with van der Waals surface area (Å²) >= 11 is 3.39. The Morgan fingerprint density at radius 2 is 1.80 bits per heavy atom. The zero-order chi connectivity index (χ0) is 39.3. The number of nitrogens with one attached hydrogen (secondary N) is 1. The Morgan fingerprint density at radius 1 is 1.11 bits per heavy atom. The van der Waals surface area contributed by atoms with E-state index in [0.29, 0.717) is 5.57 Å². The number of nitrogens with zero attached hydrogens (tertiary/aromatic N) is 4. The summed E-state index contributed by atoms with van der Waals surface area (Å²) in [6, 6.07) is 5.55. The molecule has 2 aliphatic heterocycles. The average molecular weight is 801 g/mol. The number of nitrogen functional groups attached to an aromatic ring is 1. The van der Waals surface area contributed by atoms with Crippen LogP contribution in [-0.4, -0.2) is 90.4 Å². The molecule has 54 heavy (non-hydrogen) atoms. The molecule has 19 nitrogen and oxygen atoms in total. The molecule has 1 fully saturated rings. The van der Waals surface area contributed by atoms with E-state index >= 15 is 0 Å². The first kappa shape index (κ1) is 39.2. The fraction of sp³-hybridized carbons (Fsp3) is 0.250. The summed E-state index contributed by atoms with van der Waals surface area (Å²) in [7, 11) is 0. The predicted octanol–water partition coefficient (Wildman–Crippen LogP) is -0.309. The van der Waals surface area contributed by atoms with Gasteiger partial charge >= 0.3 is 23.9 Å². The van der Waals surface area contributed by atoms with Gasteiger partial charge in [-0.2, -0.15) is 4.57 Å². The van der Waals surface area contributed by atoms with Crippen LogP contribution in [0.4, 0.5) is 5.13 Å². The maximum Gasteiger partial charge on any atom is 0.370 e. The van der Waals surface area contributed by atoms with Gasteiger partial charge in [-0.1, -0.05) is 11.2 Å². The number of carboxylic acid groups (broad SMARTS) is 3. The van der Waals surface area contributed by atoms with Crippen LogP contribution in [0.15, 0.2) is 69.4 Å². The van der Waals surface area contributed by atoms with Crippen LogP contribution < -0.4 is 30.2 Å². The zero-order valence-electron chi connectivity index (χ0n) is 27.9. The fourth-order valence-corrected chi connectivity index (χ4v) is 8.00. The number of rotatable bonds is 15. The van der Waals surface area contributed by atoms with Gasteiger partial charge in [0.25, 0.3) is 11.8 Å². The number of thiazole rings is 1. The molecule has 0 radical (unpaired) electrons. The van der Waals surface area contributed by atoms with Gasteiger partial charge in [0.2, 0.25) is 12.6 Å². The van der Waals surface area contributed by atoms with E-state index in [0.717, 1.165) is 41.0 Å². The van der Waals surface area contributed by atoms with Gasteiger partial charge in [0.1, 0.15) is 17.1 Å². The second kappa shape index (κ2) is 16.8. The molecular formula is C32H28N6O13S3. The number of β-lactam (4-membered cyclic amide) rings is 1. The monoisotopic (exact) mass is 800 g/mol. The number of nitrogens with two attached hydrogens (primary N) is 1. The number of benzene rings is 1. The number of anilines is 1. The molecule has 2 aromatic heterocycles. The van der Waals surface area contributed by atoms with Gasteiger partial charge in [-0.05, 0) is 17.7 Å². The molecule has 2 unspecified atom stereocenters. The number of carboxylic acids is 3. The van der Waals surface area contributed by atoms with Crippen molar-refractivity contribution in [1.29, 1.82) is 0 Å². The molecule has 5 rings (SSSR count). The average Bonchev–Trinajstić information content (AvgIpc) is 3.53. The van der Waals surface area contributed by atoms with E-state index in [1.807, 2.05) is 0 Å². The van der Waals surface area contributed by atoms with E-state index in [2.05, 4.69) is 15.5 Å². The van der Waals surface area contributed by atoms with Crippen molar-refractivity contribution in [1.82, 2.24) is 15.2 Å². The van der Waals surface area contributed by atoms with Crippen LogP contribution in [-0.2, 0) is 44.9 Å². The highest BCUT2D eigenvalue weighted by atomic mass is 32.2. The molecule has 3 aromatic rings. The second-order valence-corrected chi connectivity index (χ2v) is 14.3. The number of esters is 2. The van der Waals surface area contributed by atoms with E-state index in [9.17, 15) is 43.8 Å². The second-order valence-electron chi connectivity index (χ2n) is 11.2. The number of fused-ring (bicyclic) bond motifs is 1. The topological polar surface area (TPSA) is 281 Å². The van der Waals surface area contributed by atoms with Crippen molar-refractivity contribution in [3.05, 3.63) is 70.6 Å². The van der Waals surface area contributed by atoms with Gasteiger partial charge in [-0.25, -0.2) is 14.6 Å². The third-order valence-electron chi connectivity index (χ3n) is 7.35. The Morgan fingerprint density at radius 3 is 2.39 bits per heavy atom. The van der Waals surface area contributed by atoms with Gasteiger partial charge in [0.05, 0.1) is 11.7 Å². The van der Waals surface area contributed by atoms with Gasteiger partial charge in [0, 0.05) is 53.3 Å². The van der Waals surface area contributed by atoms with Crippen LogP contribution in [0.25, 0.3) is 0 Å². The van der Waals surface area contributed by atoms with Gasteiger partial charge in [0.15, 0.2) is 34.7 Å². The number of hydrogen-bond acceptors (Lipinski definition) is 17. The smallest absolute Gasteiger partial charge is 0.370 e. The van der Waals surface area contributed by atoms with Crippen molar-refractivity contribution in [3.8, 4) is 11.5 Å². The molecule has 1 saturated heterocycles. The number of carbonyl (C=O) groups excluding carboxylic acids is 5. The number of oxime groups is 1. The largest absolute Gasteiger partial charge is 0.543 e. The molecular weight excluding hydrogens is 773 g/mol. The minimum Gasteiger partial charge on any atom is -0.543 e. The van der Waals surface area contributed by atoms with Crippen LogP contribution in [0, 0.1) is 0 Å². The van der Waals surface area contributed by atoms with Crippen molar-refractivity contribution in [2.75, 3.05) is 17.2 Å². The Hall–Kier alpha value is -6.00. The molecule has 5 N–H and O–H groups in total. The number of aliphatic carboxylic acids is 3. The lowest BCUT2D eigenvalue weighted by Gasteiger charge is -2.50. The van der Waals surface area contributed by atoms with E-state index in [-0.39, 0.29) is 51.6 Å². The number of pyridine rings is 1. The lowest BCUT2D eigenvalue weighted by atomic mass is 10.0. The maximum absolute atomic E-state index is 13.6. The number of amides is 2. The van der Waals surface area contributed by atoms with Crippen LogP contribution in [0.1, 0.15) is 31.2 Å². The van der Waals surface area contributed by atoms with E-state index in [1.165, 1.54) is 45.6 Å². The fourth-order valence-electron chi connectivity index (χ4n) is 5.08. The minimum absolute atomic E-state index is 0.0187. The Kier molecular flexibility index (Phi) is 12.2. The summed E-state index contributed by atoms with van der Waals surface area (Å²) in [4.78, 5) is 96.7. The summed E-state index contributed by atoms with van der Waals surface area (Å²) in [5.41, 5.74) is 4.99. The summed E-state index contributed by atoms with van der Waals surface area (Å²) in [6.07, 6.45) is 1.23. The summed E-state index contributed by atoms with van der Waals surface area (Å²) in [5, 5.41) is 38.0. The highest BCUT2D eigenvalue weighted by molar-refractivity contribution is 8.01. The zero-order valence-corrected chi connectivity index (χ0v) is 30.4. The Bertz CT molecular complexity index is 2100. The third kappa shape index (κ3) is 9.13. The van der Waals surface area contributed by atoms with Crippen molar-refractivity contribution in [2.45, 2.75) is 42.8 Å². The minimum atomic E-state index is -1.91. The first-order valence-corrected chi connectivity index (χ1v) is 18.3. The lowest BCUT2D eigenvalue weighted by Crippen LogP contribution is -2.71.